The fourth-order valence-corrected chi connectivity index (χ4v) is 2.46. The number of hydrogen-bond donors (Lipinski definition) is 0. The molecule has 1 aromatic rings. The lowest BCUT2D eigenvalue weighted by atomic mass is 10.1. The standard InChI is InChI=1S/C12H14O2Si/c1-4-10-7-6-8-12(11(10)5-2)15-14-9(3)13/h4-8H,1-2,15H2,3H3. The number of benzene rings is 1. The zero-order valence-electron chi connectivity index (χ0n) is 8.82. The highest BCUT2D eigenvalue weighted by Gasteiger charge is 2.05. The van der Waals surface area contributed by atoms with Crippen molar-refractivity contribution in [1.82, 2.24) is 0 Å². The van der Waals surface area contributed by atoms with Gasteiger partial charge in [-0.25, -0.2) is 0 Å². The van der Waals surface area contributed by atoms with Crippen molar-refractivity contribution in [2.24, 2.45) is 0 Å². The molecular formula is C12H14O2Si. The summed E-state index contributed by atoms with van der Waals surface area (Å²) in [4.78, 5) is 10.7. The number of hydrogen-bond acceptors (Lipinski definition) is 2. The summed E-state index contributed by atoms with van der Waals surface area (Å²) in [6.45, 7) is 8.93. The van der Waals surface area contributed by atoms with Crippen LogP contribution in [0.25, 0.3) is 12.2 Å². The molecular weight excluding hydrogens is 204 g/mol. The van der Waals surface area contributed by atoms with Crippen molar-refractivity contribution in [2.45, 2.75) is 6.92 Å². The molecule has 78 valence electrons. The molecule has 0 heterocycles. The van der Waals surface area contributed by atoms with E-state index >= 15 is 0 Å². The number of rotatable bonds is 4. The summed E-state index contributed by atoms with van der Waals surface area (Å²) in [5.74, 6) is -0.222. The van der Waals surface area contributed by atoms with Crippen molar-refractivity contribution in [2.75, 3.05) is 0 Å². The lowest BCUT2D eigenvalue weighted by Gasteiger charge is -2.08. The molecule has 3 heteroatoms. The molecule has 0 amide bonds. The van der Waals surface area contributed by atoms with Gasteiger partial charge in [-0.15, -0.1) is 0 Å². The van der Waals surface area contributed by atoms with Gasteiger partial charge in [-0.2, -0.15) is 0 Å². The van der Waals surface area contributed by atoms with E-state index in [0.717, 1.165) is 16.3 Å². The van der Waals surface area contributed by atoms with Gasteiger partial charge in [-0.05, 0) is 16.3 Å². The molecule has 15 heavy (non-hydrogen) atoms. The van der Waals surface area contributed by atoms with E-state index in [0.29, 0.717) is 0 Å². The molecule has 0 aliphatic heterocycles. The molecule has 1 aromatic carbocycles. The molecule has 2 nitrogen and oxygen atoms in total. The van der Waals surface area contributed by atoms with Crippen molar-refractivity contribution in [3.05, 3.63) is 42.5 Å². The third-order valence-corrected chi connectivity index (χ3v) is 3.56. The van der Waals surface area contributed by atoms with E-state index in [9.17, 15) is 4.79 Å². The molecule has 1 rings (SSSR count). The van der Waals surface area contributed by atoms with E-state index in [4.69, 9.17) is 4.43 Å². The van der Waals surface area contributed by atoms with E-state index in [1.807, 2.05) is 18.2 Å². The fraction of sp³-hybridized carbons (Fsp3) is 0.0833. The Morgan fingerprint density at radius 3 is 2.67 bits per heavy atom. The van der Waals surface area contributed by atoms with Gasteiger partial charge in [0.1, 0.15) is 0 Å². The van der Waals surface area contributed by atoms with Crippen LogP contribution in [-0.2, 0) is 9.22 Å². The topological polar surface area (TPSA) is 26.3 Å². The van der Waals surface area contributed by atoms with Crippen LogP contribution in [0.2, 0.25) is 0 Å². The third-order valence-electron chi connectivity index (χ3n) is 2.09. The Labute approximate surface area is 92.2 Å². The molecule has 0 saturated carbocycles. The predicted octanol–water partition coefficient (Wildman–Crippen LogP) is 1.24. The third kappa shape index (κ3) is 2.92. The average molecular weight is 218 g/mol. The Kier molecular flexibility index (Phi) is 4.06. The Morgan fingerprint density at radius 2 is 2.13 bits per heavy atom. The van der Waals surface area contributed by atoms with Gasteiger partial charge in [0.05, 0.1) is 0 Å². The second kappa shape index (κ2) is 5.31. The summed E-state index contributed by atoms with van der Waals surface area (Å²) in [5, 5.41) is 1.08. The summed E-state index contributed by atoms with van der Waals surface area (Å²) >= 11 is 0. The summed E-state index contributed by atoms with van der Waals surface area (Å²) in [6, 6.07) is 5.88. The first-order valence-electron chi connectivity index (χ1n) is 4.69. The highest BCUT2D eigenvalue weighted by atomic mass is 28.2. The number of carbonyl (C=O) groups excluding carboxylic acids is 1. The Bertz CT molecular complexity index is 397. The molecule has 0 aliphatic carbocycles. The van der Waals surface area contributed by atoms with E-state index in [-0.39, 0.29) is 5.97 Å². The van der Waals surface area contributed by atoms with Gasteiger partial charge >= 0.3 is 0 Å². The molecule has 0 N–H and O–H groups in total. The Morgan fingerprint density at radius 1 is 1.40 bits per heavy atom. The summed E-state index contributed by atoms with van der Waals surface area (Å²) < 4.78 is 5.09. The normalized spacial score (nSPS) is 10.2. The lowest BCUT2D eigenvalue weighted by Crippen LogP contribution is -2.23. The van der Waals surface area contributed by atoms with Gasteiger partial charge in [0.2, 0.25) is 0 Å². The zero-order valence-corrected chi connectivity index (χ0v) is 10.2. The second-order valence-corrected chi connectivity index (χ2v) is 4.45. The zero-order chi connectivity index (χ0) is 11.3. The molecule has 0 unspecified atom stereocenters. The maximum atomic E-state index is 10.7. The molecule has 0 fully saturated rings. The van der Waals surface area contributed by atoms with Crippen molar-refractivity contribution in [3.8, 4) is 0 Å². The van der Waals surface area contributed by atoms with Crippen molar-refractivity contribution in [1.29, 1.82) is 0 Å². The van der Waals surface area contributed by atoms with Crippen molar-refractivity contribution in [3.63, 3.8) is 0 Å². The minimum Gasteiger partial charge on any atom is -0.521 e. The molecule has 0 spiro atoms. The average Bonchev–Trinajstić information content (AvgIpc) is 2.25. The van der Waals surface area contributed by atoms with Crippen LogP contribution in [0.3, 0.4) is 0 Å². The number of carbonyl (C=O) groups is 1. The van der Waals surface area contributed by atoms with Gasteiger partial charge < -0.3 is 4.43 Å². The highest BCUT2D eigenvalue weighted by Crippen LogP contribution is 2.08. The van der Waals surface area contributed by atoms with Crippen LogP contribution in [0.4, 0.5) is 0 Å². The van der Waals surface area contributed by atoms with Crippen LogP contribution in [0, 0.1) is 0 Å². The van der Waals surface area contributed by atoms with Crippen LogP contribution in [0.1, 0.15) is 18.1 Å². The SMILES string of the molecule is C=Cc1cccc([SiH2]OC(C)=O)c1C=C. The molecule has 0 aliphatic rings. The first kappa shape index (κ1) is 11.5. The van der Waals surface area contributed by atoms with Crippen molar-refractivity contribution >= 4 is 33.1 Å². The summed E-state index contributed by atoms with van der Waals surface area (Å²) in [6.07, 6.45) is 3.56. The van der Waals surface area contributed by atoms with Gasteiger partial charge in [-0.1, -0.05) is 43.5 Å². The van der Waals surface area contributed by atoms with Crippen LogP contribution in [0.15, 0.2) is 31.4 Å². The monoisotopic (exact) mass is 218 g/mol. The van der Waals surface area contributed by atoms with E-state index in [1.165, 1.54) is 6.92 Å². The molecule has 0 bridgehead atoms. The van der Waals surface area contributed by atoms with E-state index in [1.54, 1.807) is 12.2 Å². The first-order chi connectivity index (χ1) is 7.19. The summed E-state index contributed by atoms with van der Waals surface area (Å²) in [5.41, 5.74) is 2.06. The molecule has 0 radical (unpaired) electrons. The lowest BCUT2D eigenvalue weighted by molar-refractivity contribution is -0.131. The highest BCUT2D eigenvalue weighted by molar-refractivity contribution is 6.50. The molecule has 0 saturated heterocycles. The van der Waals surface area contributed by atoms with Gasteiger partial charge in [0.25, 0.3) is 15.7 Å². The molecule has 0 aromatic heterocycles. The van der Waals surface area contributed by atoms with Crippen LogP contribution < -0.4 is 5.19 Å². The van der Waals surface area contributed by atoms with Gasteiger partial charge in [0.15, 0.2) is 0 Å². The smallest absolute Gasteiger partial charge is 0.289 e. The maximum absolute atomic E-state index is 10.7. The van der Waals surface area contributed by atoms with Crippen LogP contribution >= 0.6 is 0 Å². The second-order valence-electron chi connectivity index (χ2n) is 3.11. The first-order valence-corrected chi connectivity index (χ1v) is 5.97. The minimum atomic E-state index is -0.998. The van der Waals surface area contributed by atoms with Crippen LogP contribution in [-0.4, -0.2) is 15.7 Å². The molecule has 0 atom stereocenters. The Hall–Kier alpha value is -1.61. The fourth-order valence-electron chi connectivity index (χ4n) is 1.37. The minimum absolute atomic E-state index is 0.222. The quantitative estimate of drug-likeness (QED) is 0.711. The van der Waals surface area contributed by atoms with E-state index in [2.05, 4.69) is 13.2 Å². The Balaban J connectivity index is 3.00. The maximum Gasteiger partial charge on any atom is 0.289 e. The predicted molar refractivity (Wildman–Crippen MR) is 66.6 cm³/mol. The largest absolute Gasteiger partial charge is 0.521 e. The van der Waals surface area contributed by atoms with E-state index < -0.39 is 9.76 Å². The van der Waals surface area contributed by atoms with Gasteiger partial charge in [-0.3, -0.25) is 4.79 Å². The summed E-state index contributed by atoms with van der Waals surface area (Å²) in [7, 11) is -0.998. The van der Waals surface area contributed by atoms with Crippen molar-refractivity contribution < 1.29 is 9.22 Å². The van der Waals surface area contributed by atoms with Crippen LogP contribution in [0.5, 0.6) is 0 Å². The van der Waals surface area contributed by atoms with Gasteiger partial charge in [0, 0.05) is 6.92 Å².